The number of hydrogen-bond donors (Lipinski definition) is 2. The van der Waals surface area contributed by atoms with Crippen molar-refractivity contribution in [3.8, 4) is 0 Å². The summed E-state index contributed by atoms with van der Waals surface area (Å²) in [6.07, 6.45) is 1.12. The van der Waals surface area contributed by atoms with Gasteiger partial charge in [-0.1, -0.05) is 35.2 Å². The number of Topliss-reactive ketones (excluding diaryl/α,β-unsaturated/α-hetero) is 1. The van der Waals surface area contributed by atoms with Gasteiger partial charge in [0.2, 0.25) is 11.0 Å². The molecule has 8 heteroatoms. The summed E-state index contributed by atoms with van der Waals surface area (Å²) < 4.78 is 0.747. The van der Waals surface area contributed by atoms with E-state index in [1.165, 1.54) is 34.2 Å². The van der Waals surface area contributed by atoms with Gasteiger partial charge in [-0.2, -0.15) is 0 Å². The zero-order valence-electron chi connectivity index (χ0n) is 16.1. The number of rotatable bonds is 6. The highest BCUT2D eigenvalue weighted by Gasteiger charge is 2.17. The van der Waals surface area contributed by atoms with Gasteiger partial charge in [-0.05, 0) is 61.2 Å². The quantitative estimate of drug-likeness (QED) is 0.438. The van der Waals surface area contributed by atoms with Crippen LogP contribution in [0.2, 0.25) is 0 Å². The van der Waals surface area contributed by atoms with E-state index in [9.17, 15) is 9.59 Å². The van der Waals surface area contributed by atoms with Crippen molar-refractivity contribution in [2.45, 2.75) is 31.0 Å². The fourth-order valence-corrected chi connectivity index (χ4v) is 4.75. The number of thioether (sulfide) groups is 1. The van der Waals surface area contributed by atoms with Crippen molar-refractivity contribution in [3.63, 3.8) is 0 Å². The Bertz CT molecular complexity index is 1090. The van der Waals surface area contributed by atoms with Gasteiger partial charge in [-0.15, -0.1) is 10.2 Å². The molecule has 29 heavy (non-hydrogen) atoms. The Morgan fingerprint density at radius 2 is 2.07 bits per heavy atom. The third-order valence-electron chi connectivity index (χ3n) is 4.90. The van der Waals surface area contributed by atoms with Gasteiger partial charge in [0.25, 0.3) is 0 Å². The van der Waals surface area contributed by atoms with Gasteiger partial charge in [-0.3, -0.25) is 9.59 Å². The lowest BCUT2D eigenvalue weighted by Crippen LogP contribution is -2.19. The van der Waals surface area contributed by atoms with Crippen LogP contribution in [0.3, 0.4) is 0 Å². The zero-order valence-corrected chi connectivity index (χ0v) is 17.7. The molecule has 2 aromatic carbocycles. The third kappa shape index (κ3) is 4.49. The van der Waals surface area contributed by atoms with Gasteiger partial charge in [0, 0.05) is 23.4 Å². The second-order valence-corrected chi connectivity index (χ2v) is 9.08. The minimum absolute atomic E-state index is 0.0219. The Morgan fingerprint density at radius 3 is 2.93 bits per heavy atom. The normalized spacial score (nSPS) is 13.0. The topological polar surface area (TPSA) is 84.0 Å². The minimum atomic E-state index is 0.0219. The average molecular weight is 425 g/mol. The van der Waals surface area contributed by atoms with Crippen molar-refractivity contribution in [2.75, 3.05) is 16.4 Å². The number of benzene rings is 2. The van der Waals surface area contributed by atoms with Crippen LogP contribution < -0.4 is 10.6 Å². The number of nitrogens with zero attached hydrogens (tertiary/aromatic N) is 2. The first-order valence-corrected chi connectivity index (χ1v) is 11.1. The summed E-state index contributed by atoms with van der Waals surface area (Å²) in [4.78, 5) is 24.0. The molecule has 1 amide bonds. The first kappa shape index (κ1) is 19.6. The van der Waals surface area contributed by atoms with Crippen LogP contribution in [0.5, 0.6) is 0 Å². The van der Waals surface area contributed by atoms with Crippen LogP contribution in [0.4, 0.5) is 16.5 Å². The molecule has 0 atom stereocenters. The fourth-order valence-electron chi connectivity index (χ4n) is 3.09. The molecule has 1 aliphatic rings. The van der Waals surface area contributed by atoms with E-state index in [1.54, 1.807) is 12.1 Å². The summed E-state index contributed by atoms with van der Waals surface area (Å²) in [6, 6.07) is 11.5. The van der Waals surface area contributed by atoms with E-state index in [1.807, 2.05) is 18.2 Å². The maximum Gasteiger partial charge on any atom is 0.224 e. The van der Waals surface area contributed by atoms with E-state index in [0.29, 0.717) is 29.3 Å². The van der Waals surface area contributed by atoms with Gasteiger partial charge in [-0.25, -0.2) is 0 Å². The standard InChI is InChI=1S/C21H20N4O2S2/c1-12-4-3-5-16(13(12)2)23-20-24-25-21(29-20)28-11-18(26)15-6-8-17-14(10-15)7-9-19(27)22-17/h3-6,8,10H,7,9,11H2,1-2H3,(H,22,27)(H,23,24). The van der Waals surface area contributed by atoms with Crippen molar-refractivity contribution in [3.05, 3.63) is 58.7 Å². The molecule has 0 fully saturated rings. The first-order valence-electron chi connectivity index (χ1n) is 9.25. The lowest BCUT2D eigenvalue weighted by atomic mass is 9.99. The number of carbonyl (C=O) groups excluding carboxylic acids is 2. The summed E-state index contributed by atoms with van der Waals surface area (Å²) in [5, 5.41) is 15.2. The highest BCUT2D eigenvalue weighted by atomic mass is 32.2. The number of aryl methyl sites for hydroxylation is 2. The number of carbonyl (C=O) groups is 2. The van der Waals surface area contributed by atoms with Crippen LogP contribution in [0.25, 0.3) is 0 Å². The Balaban J connectivity index is 1.38. The van der Waals surface area contributed by atoms with Crippen molar-refractivity contribution in [2.24, 2.45) is 0 Å². The molecule has 1 aliphatic heterocycles. The van der Waals surface area contributed by atoms with Crippen molar-refractivity contribution < 1.29 is 9.59 Å². The highest BCUT2D eigenvalue weighted by molar-refractivity contribution is 8.01. The van der Waals surface area contributed by atoms with E-state index in [-0.39, 0.29) is 11.7 Å². The molecule has 0 unspecified atom stereocenters. The van der Waals surface area contributed by atoms with E-state index in [4.69, 9.17) is 0 Å². The number of ketones is 1. The molecule has 1 aromatic heterocycles. The second kappa shape index (κ2) is 8.34. The molecule has 0 bridgehead atoms. The molecule has 148 valence electrons. The summed E-state index contributed by atoms with van der Waals surface area (Å²) in [5.41, 5.74) is 5.87. The van der Waals surface area contributed by atoms with Gasteiger partial charge in [0.1, 0.15) is 0 Å². The summed E-state index contributed by atoms with van der Waals surface area (Å²) >= 11 is 2.82. The number of amides is 1. The van der Waals surface area contributed by atoms with Crippen LogP contribution >= 0.6 is 23.1 Å². The number of anilines is 3. The third-order valence-corrected chi connectivity index (χ3v) is 6.87. The summed E-state index contributed by atoms with van der Waals surface area (Å²) in [5.74, 6) is 0.353. The van der Waals surface area contributed by atoms with E-state index < -0.39 is 0 Å². The number of hydrogen-bond acceptors (Lipinski definition) is 7. The highest BCUT2D eigenvalue weighted by Crippen LogP contribution is 2.30. The maximum absolute atomic E-state index is 12.6. The molecule has 6 nitrogen and oxygen atoms in total. The predicted octanol–water partition coefficient (Wildman–Crippen LogP) is 4.76. The number of fused-ring (bicyclic) bond motifs is 1. The number of aromatic nitrogens is 2. The summed E-state index contributed by atoms with van der Waals surface area (Å²) in [7, 11) is 0. The molecule has 0 saturated carbocycles. The van der Waals surface area contributed by atoms with Crippen LogP contribution in [0.15, 0.2) is 40.7 Å². The molecule has 0 aliphatic carbocycles. The predicted molar refractivity (Wildman–Crippen MR) is 118 cm³/mol. The Kier molecular flexibility index (Phi) is 5.64. The molecular formula is C21H20N4O2S2. The SMILES string of the molecule is Cc1cccc(Nc2nnc(SCC(=O)c3ccc4c(c3)CCC(=O)N4)s2)c1C. The Labute approximate surface area is 177 Å². The summed E-state index contributed by atoms with van der Waals surface area (Å²) in [6.45, 7) is 4.14. The maximum atomic E-state index is 12.6. The van der Waals surface area contributed by atoms with Crippen molar-refractivity contribution in [1.29, 1.82) is 0 Å². The second-order valence-electron chi connectivity index (χ2n) is 6.88. The lowest BCUT2D eigenvalue weighted by molar-refractivity contribution is -0.116. The molecule has 0 radical (unpaired) electrons. The molecule has 0 saturated heterocycles. The smallest absolute Gasteiger partial charge is 0.224 e. The van der Waals surface area contributed by atoms with Crippen LogP contribution in [0.1, 0.15) is 33.5 Å². The van der Waals surface area contributed by atoms with Crippen LogP contribution in [-0.2, 0) is 11.2 Å². The van der Waals surface area contributed by atoms with E-state index in [0.717, 1.165) is 21.3 Å². The van der Waals surface area contributed by atoms with Gasteiger partial charge < -0.3 is 10.6 Å². The molecule has 2 N–H and O–H groups in total. The Hall–Kier alpha value is -2.71. The molecular weight excluding hydrogens is 404 g/mol. The molecule has 3 aromatic rings. The van der Waals surface area contributed by atoms with Crippen molar-refractivity contribution in [1.82, 2.24) is 10.2 Å². The van der Waals surface area contributed by atoms with Gasteiger partial charge in [0.05, 0.1) is 5.75 Å². The number of nitrogens with one attached hydrogen (secondary N) is 2. The molecule has 0 spiro atoms. The van der Waals surface area contributed by atoms with Gasteiger partial charge in [0.15, 0.2) is 10.1 Å². The molecule has 2 heterocycles. The minimum Gasteiger partial charge on any atom is -0.330 e. The van der Waals surface area contributed by atoms with Crippen molar-refractivity contribution >= 4 is 51.3 Å². The van der Waals surface area contributed by atoms with Gasteiger partial charge >= 0.3 is 0 Å². The lowest BCUT2D eigenvalue weighted by Gasteiger charge is -2.17. The molecule has 4 rings (SSSR count). The van der Waals surface area contributed by atoms with Crippen LogP contribution in [-0.4, -0.2) is 27.6 Å². The first-order chi connectivity index (χ1) is 14.0. The monoisotopic (exact) mass is 424 g/mol. The largest absolute Gasteiger partial charge is 0.330 e. The average Bonchev–Trinajstić information content (AvgIpc) is 3.16. The zero-order chi connectivity index (χ0) is 20.4. The Morgan fingerprint density at radius 1 is 1.21 bits per heavy atom. The van der Waals surface area contributed by atoms with E-state index >= 15 is 0 Å². The fraction of sp³-hybridized carbons (Fsp3) is 0.238. The van der Waals surface area contributed by atoms with E-state index in [2.05, 4.69) is 40.7 Å². The van der Waals surface area contributed by atoms with Crippen LogP contribution in [0, 0.1) is 13.8 Å².